The summed E-state index contributed by atoms with van der Waals surface area (Å²) in [5, 5.41) is 9.96. The summed E-state index contributed by atoms with van der Waals surface area (Å²) in [6.07, 6.45) is 1.94. The van der Waals surface area contributed by atoms with E-state index in [1.54, 1.807) is 0 Å². The van der Waals surface area contributed by atoms with Gasteiger partial charge in [0.1, 0.15) is 6.29 Å². The molecule has 0 aliphatic rings. The van der Waals surface area contributed by atoms with Crippen LogP contribution in [-0.4, -0.2) is 28.0 Å². The molecule has 0 radical (unpaired) electrons. The van der Waals surface area contributed by atoms with Crippen LogP contribution in [0.1, 0.15) is 0 Å². The van der Waals surface area contributed by atoms with E-state index in [0.29, 0.717) is 12.0 Å². The molecule has 0 saturated heterocycles. The highest BCUT2D eigenvalue weighted by atomic mass is 32.2. The molecule has 0 fully saturated rings. The van der Waals surface area contributed by atoms with Crippen LogP contribution in [0.25, 0.3) is 0 Å². The van der Waals surface area contributed by atoms with E-state index in [2.05, 4.69) is 6.58 Å². The van der Waals surface area contributed by atoms with Gasteiger partial charge in [-0.05, 0) is 0 Å². The lowest BCUT2D eigenvalue weighted by Crippen LogP contribution is -2.31. The first-order valence-corrected chi connectivity index (χ1v) is 4.52. The Kier molecular flexibility index (Phi) is 5.91. The van der Waals surface area contributed by atoms with Crippen LogP contribution in [0, 0.1) is 5.21 Å². The van der Waals surface area contributed by atoms with Gasteiger partial charge in [0.25, 0.3) is 0 Å². The molecule has 2 atom stereocenters. The maximum atomic E-state index is 10.9. The van der Waals surface area contributed by atoms with Crippen molar-refractivity contribution < 1.29 is 9.00 Å². The van der Waals surface area contributed by atoms with Gasteiger partial charge in [0.05, 0.1) is 6.04 Å². The highest BCUT2D eigenvalue weighted by Gasteiger charge is 2.05. The zero-order valence-electron chi connectivity index (χ0n) is 5.99. The van der Waals surface area contributed by atoms with Gasteiger partial charge < -0.3 is 15.5 Å². The van der Waals surface area contributed by atoms with E-state index < -0.39 is 16.8 Å². The minimum absolute atomic E-state index is 0.0546. The van der Waals surface area contributed by atoms with Crippen LogP contribution in [-0.2, 0) is 15.6 Å². The third-order valence-corrected chi connectivity index (χ3v) is 2.32. The second-order valence-corrected chi connectivity index (χ2v) is 3.47. The average molecular weight is 176 g/mol. The lowest BCUT2D eigenvalue weighted by molar-refractivity contribution is -0.108. The van der Waals surface area contributed by atoms with Crippen molar-refractivity contribution in [3.63, 3.8) is 0 Å². The van der Waals surface area contributed by atoms with Crippen LogP contribution in [0.3, 0.4) is 0 Å². The van der Waals surface area contributed by atoms with Gasteiger partial charge in [-0.25, -0.2) is 0 Å². The van der Waals surface area contributed by atoms with Crippen molar-refractivity contribution in [2.75, 3.05) is 11.5 Å². The van der Waals surface area contributed by atoms with Crippen molar-refractivity contribution >= 4 is 17.1 Å². The zero-order chi connectivity index (χ0) is 8.69. The molecule has 0 aliphatic carbocycles. The first kappa shape index (κ1) is 10.5. The number of carbonyl (C=O) groups excluding carboxylic acids is 1. The van der Waals surface area contributed by atoms with Crippen LogP contribution in [0.5, 0.6) is 0 Å². The highest BCUT2D eigenvalue weighted by molar-refractivity contribution is 7.85. The van der Waals surface area contributed by atoms with Gasteiger partial charge in [-0.15, -0.1) is 6.58 Å². The highest BCUT2D eigenvalue weighted by Crippen LogP contribution is 1.87. The molecule has 0 bridgehead atoms. The van der Waals surface area contributed by atoms with Crippen molar-refractivity contribution in [2.45, 2.75) is 6.04 Å². The molecule has 0 aromatic rings. The fraction of sp³-hybridized carbons (Fsp3) is 0.500. The SMILES string of the molecule is C=CCS(=O)C[C@@H](C=O)N[O-]. The summed E-state index contributed by atoms with van der Waals surface area (Å²) in [6, 6.07) is -0.851. The van der Waals surface area contributed by atoms with E-state index in [0.717, 1.165) is 0 Å². The number of nitrogens with one attached hydrogen (secondary N) is 1. The molecule has 0 saturated carbocycles. The Morgan fingerprint density at radius 3 is 2.73 bits per heavy atom. The molecule has 5 heteroatoms. The van der Waals surface area contributed by atoms with Crippen LogP contribution >= 0.6 is 0 Å². The zero-order valence-corrected chi connectivity index (χ0v) is 6.80. The van der Waals surface area contributed by atoms with E-state index in [-0.39, 0.29) is 5.75 Å². The number of hydrogen-bond acceptors (Lipinski definition) is 4. The van der Waals surface area contributed by atoms with Gasteiger partial charge in [-0.3, -0.25) is 4.21 Å². The third kappa shape index (κ3) is 4.83. The molecule has 0 heterocycles. The summed E-state index contributed by atoms with van der Waals surface area (Å²) in [7, 11) is -1.16. The van der Waals surface area contributed by atoms with E-state index in [1.165, 1.54) is 11.6 Å². The summed E-state index contributed by atoms with van der Waals surface area (Å²) in [4.78, 5) is 10.1. The number of hydroxylamine groups is 1. The van der Waals surface area contributed by atoms with Gasteiger partial charge in [0, 0.05) is 22.3 Å². The predicted molar refractivity (Wildman–Crippen MR) is 44.4 cm³/mol. The molecular formula is C6H10NO3S-. The molecule has 0 amide bonds. The summed E-state index contributed by atoms with van der Waals surface area (Å²) < 4.78 is 10.9. The third-order valence-electron chi connectivity index (χ3n) is 0.985. The van der Waals surface area contributed by atoms with Gasteiger partial charge in [0.15, 0.2) is 0 Å². The van der Waals surface area contributed by atoms with Crippen LogP contribution in [0.15, 0.2) is 12.7 Å². The summed E-state index contributed by atoms with van der Waals surface area (Å²) in [5.74, 6) is 0.366. The Balaban J connectivity index is 3.70. The molecule has 64 valence electrons. The van der Waals surface area contributed by atoms with E-state index in [9.17, 15) is 14.2 Å². The van der Waals surface area contributed by atoms with Gasteiger partial charge in [-0.2, -0.15) is 0 Å². The molecular weight excluding hydrogens is 166 g/mol. The fourth-order valence-electron chi connectivity index (χ4n) is 0.501. The first-order valence-electron chi connectivity index (χ1n) is 3.03. The Morgan fingerprint density at radius 1 is 1.73 bits per heavy atom. The molecule has 1 unspecified atom stereocenters. The number of rotatable bonds is 6. The molecule has 0 spiro atoms. The largest absolute Gasteiger partial charge is 0.787 e. The monoisotopic (exact) mass is 176 g/mol. The Labute approximate surface area is 67.7 Å². The smallest absolute Gasteiger partial charge is 0.136 e. The predicted octanol–water partition coefficient (Wildman–Crippen LogP) is -0.424. The van der Waals surface area contributed by atoms with E-state index >= 15 is 0 Å². The van der Waals surface area contributed by atoms with Crippen molar-refractivity contribution in [1.82, 2.24) is 5.48 Å². The normalized spacial score (nSPS) is 15.4. The standard InChI is InChI=1S/C6H10NO3S/c1-2-3-11(10)5-6(4-8)7-9/h2,4,6-7H,1,3,5H2/q-1/t6-,11?/m1/s1. The van der Waals surface area contributed by atoms with Gasteiger partial charge in [0.2, 0.25) is 0 Å². The summed E-state index contributed by atoms with van der Waals surface area (Å²) in [6.45, 7) is 3.38. The molecule has 4 nitrogen and oxygen atoms in total. The molecule has 0 aromatic carbocycles. The van der Waals surface area contributed by atoms with Crippen molar-refractivity contribution in [3.8, 4) is 0 Å². The Hall–Kier alpha value is -0.520. The van der Waals surface area contributed by atoms with Crippen molar-refractivity contribution in [3.05, 3.63) is 17.9 Å². The summed E-state index contributed by atoms with van der Waals surface area (Å²) >= 11 is 0. The van der Waals surface area contributed by atoms with Gasteiger partial charge >= 0.3 is 0 Å². The fourth-order valence-corrected chi connectivity index (χ4v) is 1.45. The lowest BCUT2D eigenvalue weighted by Gasteiger charge is -2.14. The Morgan fingerprint density at radius 2 is 2.36 bits per heavy atom. The van der Waals surface area contributed by atoms with Crippen molar-refractivity contribution in [1.29, 1.82) is 0 Å². The molecule has 11 heavy (non-hydrogen) atoms. The second-order valence-electron chi connectivity index (χ2n) is 1.92. The topological polar surface area (TPSA) is 69.2 Å². The van der Waals surface area contributed by atoms with Gasteiger partial charge in [-0.1, -0.05) is 6.08 Å². The molecule has 0 rings (SSSR count). The average Bonchev–Trinajstić information content (AvgIpc) is 2.01. The molecule has 0 aromatic heterocycles. The molecule has 1 N–H and O–H groups in total. The minimum Gasteiger partial charge on any atom is -0.787 e. The number of aldehydes is 1. The van der Waals surface area contributed by atoms with Crippen LogP contribution < -0.4 is 5.48 Å². The molecule has 0 aliphatic heterocycles. The quantitative estimate of drug-likeness (QED) is 0.339. The maximum absolute atomic E-state index is 10.9. The minimum atomic E-state index is -1.16. The second kappa shape index (κ2) is 6.21. The summed E-state index contributed by atoms with van der Waals surface area (Å²) in [5.41, 5.74) is 1.50. The first-order chi connectivity index (χ1) is 5.24. The lowest BCUT2D eigenvalue weighted by atomic mass is 10.4. The Bertz CT molecular complexity index is 160. The van der Waals surface area contributed by atoms with Crippen LogP contribution in [0.2, 0.25) is 0 Å². The van der Waals surface area contributed by atoms with E-state index in [4.69, 9.17) is 0 Å². The number of hydrogen-bond donors (Lipinski definition) is 1. The number of carbonyl (C=O) groups is 1. The van der Waals surface area contributed by atoms with Crippen LogP contribution in [0.4, 0.5) is 0 Å². The van der Waals surface area contributed by atoms with E-state index in [1.807, 2.05) is 0 Å². The maximum Gasteiger partial charge on any atom is 0.136 e. The van der Waals surface area contributed by atoms with Crippen molar-refractivity contribution in [2.24, 2.45) is 0 Å².